The second-order valence-corrected chi connectivity index (χ2v) is 8.80. The molecule has 1 aromatic rings. The van der Waals surface area contributed by atoms with Crippen molar-refractivity contribution in [3.63, 3.8) is 0 Å². The maximum absolute atomic E-state index is 12.0. The van der Waals surface area contributed by atoms with E-state index >= 15 is 0 Å². The van der Waals surface area contributed by atoms with Gasteiger partial charge in [-0.2, -0.15) is 0 Å². The molecule has 2 rings (SSSR count). The zero-order valence-electron chi connectivity index (χ0n) is 10.7. The average Bonchev–Trinajstić information content (AvgIpc) is 2.74. The first-order valence-electron chi connectivity index (χ1n) is 5.98. The topological polar surface area (TPSA) is 93.4 Å². The van der Waals surface area contributed by atoms with Gasteiger partial charge in [-0.15, -0.1) is 0 Å². The van der Waals surface area contributed by atoms with Crippen LogP contribution in [0.3, 0.4) is 0 Å². The van der Waals surface area contributed by atoms with Gasteiger partial charge in [-0.25, -0.2) is 8.42 Å². The van der Waals surface area contributed by atoms with Gasteiger partial charge < -0.3 is 9.73 Å². The normalized spacial score (nSPS) is 23.5. The molecule has 112 valence electrons. The summed E-state index contributed by atoms with van der Waals surface area (Å²) in [6.07, 6.45) is 1.28. The highest BCUT2D eigenvalue weighted by Gasteiger charge is 2.25. The van der Waals surface area contributed by atoms with Crippen molar-refractivity contribution >= 4 is 36.4 Å². The van der Waals surface area contributed by atoms with Crippen molar-refractivity contribution in [1.29, 1.82) is 0 Å². The fraction of sp³-hybridized carbons (Fsp3) is 0.545. The van der Waals surface area contributed by atoms with Crippen molar-refractivity contribution in [3.05, 3.63) is 17.6 Å². The van der Waals surface area contributed by atoms with E-state index in [1.165, 1.54) is 6.92 Å². The van der Waals surface area contributed by atoms with Crippen molar-refractivity contribution in [2.24, 2.45) is 0 Å². The number of hydrogen-bond acceptors (Lipinski definition) is 5. The van der Waals surface area contributed by atoms with Gasteiger partial charge >= 0.3 is 0 Å². The lowest BCUT2D eigenvalue weighted by molar-refractivity contribution is 0.0905. The van der Waals surface area contributed by atoms with Crippen LogP contribution in [-0.2, 0) is 19.9 Å². The molecule has 0 radical (unpaired) electrons. The summed E-state index contributed by atoms with van der Waals surface area (Å²) in [5.74, 6) is 0.619. The quantitative estimate of drug-likeness (QED) is 0.834. The molecule has 0 spiro atoms. The SMILES string of the molecule is Cc1oc(C(=O)NC2CCS(=O)CC2)cc1S(=O)(=O)Cl. The summed E-state index contributed by atoms with van der Waals surface area (Å²) in [5, 5.41) is 2.74. The summed E-state index contributed by atoms with van der Waals surface area (Å²) in [6, 6.07) is 1.05. The van der Waals surface area contributed by atoms with E-state index in [4.69, 9.17) is 15.1 Å². The number of carbonyl (C=O) groups excluding carboxylic acids is 1. The van der Waals surface area contributed by atoms with Crippen molar-refractivity contribution in [2.45, 2.75) is 30.7 Å². The number of carbonyl (C=O) groups is 1. The van der Waals surface area contributed by atoms with Crippen molar-refractivity contribution in [1.82, 2.24) is 5.32 Å². The number of amides is 1. The lowest BCUT2D eigenvalue weighted by Gasteiger charge is -2.21. The van der Waals surface area contributed by atoms with Crippen LogP contribution in [0.1, 0.15) is 29.2 Å². The number of nitrogens with one attached hydrogen (secondary N) is 1. The number of rotatable bonds is 3. The molecule has 9 heteroatoms. The van der Waals surface area contributed by atoms with Crippen LogP contribution in [0.15, 0.2) is 15.4 Å². The van der Waals surface area contributed by atoms with Crippen LogP contribution in [0.5, 0.6) is 0 Å². The molecule has 0 atom stereocenters. The van der Waals surface area contributed by atoms with Crippen LogP contribution in [0.4, 0.5) is 0 Å². The molecule has 0 aromatic carbocycles. The summed E-state index contributed by atoms with van der Waals surface area (Å²) >= 11 is 0. The van der Waals surface area contributed by atoms with Crippen LogP contribution < -0.4 is 5.32 Å². The van der Waals surface area contributed by atoms with E-state index in [0.717, 1.165) is 6.07 Å². The monoisotopic (exact) mass is 339 g/mol. The largest absolute Gasteiger partial charge is 0.455 e. The van der Waals surface area contributed by atoms with E-state index in [2.05, 4.69) is 5.32 Å². The Kier molecular flexibility index (Phi) is 4.55. The van der Waals surface area contributed by atoms with Gasteiger partial charge in [0.15, 0.2) is 5.76 Å². The lowest BCUT2D eigenvalue weighted by Crippen LogP contribution is -2.39. The van der Waals surface area contributed by atoms with Crippen molar-refractivity contribution in [3.8, 4) is 0 Å². The van der Waals surface area contributed by atoms with E-state index in [1.54, 1.807) is 0 Å². The molecule has 0 aliphatic carbocycles. The Morgan fingerprint density at radius 2 is 2.05 bits per heavy atom. The highest BCUT2D eigenvalue weighted by atomic mass is 35.7. The minimum Gasteiger partial charge on any atom is -0.455 e. The van der Waals surface area contributed by atoms with Gasteiger partial charge in [-0.05, 0) is 19.8 Å². The molecule has 1 aliphatic rings. The highest BCUT2D eigenvalue weighted by Crippen LogP contribution is 2.23. The Hall–Kier alpha value is -0.860. The van der Waals surface area contributed by atoms with Crippen LogP contribution in [0.25, 0.3) is 0 Å². The van der Waals surface area contributed by atoms with Gasteiger partial charge in [0.05, 0.1) is 0 Å². The minimum absolute atomic E-state index is 0.0679. The van der Waals surface area contributed by atoms with Gasteiger partial charge in [-0.1, -0.05) is 0 Å². The smallest absolute Gasteiger partial charge is 0.287 e. The molecular formula is C11H14ClNO5S2. The number of hydrogen-bond donors (Lipinski definition) is 1. The number of halogens is 1. The fourth-order valence-corrected chi connectivity index (χ4v) is 4.41. The molecule has 0 bridgehead atoms. The Bertz CT molecular complexity index is 642. The predicted octanol–water partition coefficient (Wildman–Crippen LogP) is 1.16. The Morgan fingerprint density at radius 3 is 2.55 bits per heavy atom. The fourth-order valence-electron chi connectivity index (χ4n) is 2.01. The average molecular weight is 340 g/mol. The standard InChI is InChI=1S/C11H14ClNO5S2/c1-7-10(20(12,16)17)6-9(18-7)11(14)13-8-2-4-19(15)5-3-8/h6,8H,2-5H2,1H3,(H,13,14). The van der Waals surface area contributed by atoms with Crippen LogP contribution >= 0.6 is 10.7 Å². The van der Waals surface area contributed by atoms with Gasteiger partial charge in [0, 0.05) is 45.1 Å². The summed E-state index contributed by atoms with van der Waals surface area (Å²) in [5.41, 5.74) is 0. The second kappa shape index (κ2) is 5.87. The maximum Gasteiger partial charge on any atom is 0.287 e. The Labute approximate surface area is 123 Å². The van der Waals surface area contributed by atoms with E-state index in [1.807, 2.05) is 0 Å². The first-order valence-corrected chi connectivity index (χ1v) is 9.78. The lowest BCUT2D eigenvalue weighted by atomic mass is 10.1. The van der Waals surface area contributed by atoms with Gasteiger partial charge in [-0.3, -0.25) is 9.00 Å². The third-order valence-electron chi connectivity index (χ3n) is 3.08. The Morgan fingerprint density at radius 1 is 1.45 bits per heavy atom. The molecule has 0 unspecified atom stereocenters. The molecule has 1 amide bonds. The Balaban J connectivity index is 2.08. The molecule has 1 saturated heterocycles. The first kappa shape index (κ1) is 15.5. The molecule has 20 heavy (non-hydrogen) atoms. The van der Waals surface area contributed by atoms with Gasteiger partial charge in [0.2, 0.25) is 0 Å². The number of aryl methyl sites for hydroxylation is 1. The van der Waals surface area contributed by atoms with Gasteiger partial charge in [0.25, 0.3) is 15.0 Å². The number of furan rings is 1. The molecule has 2 heterocycles. The molecule has 1 aliphatic heterocycles. The molecule has 0 saturated carbocycles. The predicted molar refractivity (Wildman–Crippen MR) is 74.8 cm³/mol. The summed E-state index contributed by atoms with van der Waals surface area (Å²) < 4.78 is 38.9. The molecule has 1 fully saturated rings. The maximum atomic E-state index is 12.0. The summed E-state index contributed by atoms with van der Waals surface area (Å²) in [7, 11) is 0.505. The van der Waals surface area contributed by atoms with Crippen molar-refractivity contribution < 1.29 is 21.8 Å². The molecule has 6 nitrogen and oxygen atoms in total. The van der Waals surface area contributed by atoms with Crippen LogP contribution in [0.2, 0.25) is 0 Å². The zero-order valence-corrected chi connectivity index (χ0v) is 13.1. The summed E-state index contributed by atoms with van der Waals surface area (Å²) in [4.78, 5) is 11.8. The van der Waals surface area contributed by atoms with Crippen molar-refractivity contribution in [2.75, 3.05) is 11.5 Å². The minimum atomic E-state index is -3.93. The van der Waals surface area contributed by atoms with E-state index in [-0.39, 0.29) is 22.5 Å². The van der Waals surface area contributed by atoms with E-state index < -0.39 is 25.8 Å². The third-order valence-corrected chi connectivity index (χ3v) is 5.89. The van der Waals surface area contributed by atoms with E-state index in [0.29, 0.717) is 24.3 Å². The first-order chi connectivity index (χ1) is 9.27. The van der Waals surface area contributed by atoms with E-state index in [9.17, 15) is 17.4 Å². The molecule has 1 aromatic heterocycles. The molecule has 1 N–H and O–H groups in total. The summed E-state index contributed by atoms with van der Waals surface area (Å²) in [6.45, 7) is 1.43. The molecular weight excluding hydrogens is 326 g/mol. The zero-order chi connectivity index (χ0) is 14.9. The van der Waals surface area contributed by atoms with Crippen LogP contribution in [-0.4, -0.2) is 36.1 Å². The highest BCUT2D eigenvalue weighted by molar-refractivity contribution is 8.13. The third kappa shape index (κ3) is 3.62. The van der Waals surface area contributed by atoms with Gasteiger partial charge in [0.1, 0.15) is 10.7 Å². The second-order valence-electron chi connectivity index (χ2n) is 4.56. The van der Waals surface area contributed by atoms with Crippen LogP contribution in [0, 0.1) is 6.92 Å².